The number of amides is 2. The Morgan fingerprint density at radius 2 is 1.74 bits per heavy atom. The lowest BCUT2D eigenvalue weighted by atomic mass is 10.1. The minimum Gasteiger partial charge on any atom is -0.269 e. The van der Waals surface area contributed by atoms with Crippen molar-refractivity contribution < 1.29 is 14.5 Å². The minimum atomic E-state index is -0.544. The van der Waals surface area contributed by atoms with Gasteiger partial charge in [0.05, 0.1) is 16.2 Å². The van der Waals surface area contributed by atoms with E-state index in [4.69, 9.17) is 0 Å². The largest absolute Gasteiger partial charge is 0.270 e. The summed E-state index contributed by atoms with van der Waals surface area (Å²) >= 11 is 3.29. The lowest BCUT2D eigenvalue weighted by molar-refractivity contribution is -0.384. The van der Waals surface area contributed by atoms with Gasteiger partial charge >= 0.3 is 0 Å². The van der Waals surface area contributed by atoms with Gasteiger partial charge in [-0.25, -0.2) is 4.90 Å². The van der Waals surface area contributed by atoms with Crippen LogP contribution in [0.5, 0.6) is 0 Å². The molecule has 7 heteroatoms. The Morgan fingerprint density at radius 3 is 2.39 bits per heavy atom. The van der Waals surface area contributed by atoms with Crippen molar-refractivity contribution in [2.45, 2.75) is 0 Å². The predicted octanol–water partition coefficient (Wildman–Crippen LogP) is 3.31. The number of non-ortho nitro benzene ring substituents is 1. The summed E-state index contributed by atoms with van der Waals surface area (Å²) < 4.78 is 0.826. The van der Waals surface area contributed by atoms with Gasteiger partial charge in [0.15, 0.2) is 0 Å². The lowest BCUT2D eigenvalue weighted by Crippen LogP contribution is -2.30. The van der Waals surface area contributed by atoms with Crippen LogP contribution in [0.3, 0.4) is 0 Å². The maximum Gasteiger partial charge on any atom is 0.270 e. The topological polar surface area (TPSA) is 80.5 Å². The number of halogens is 1. The highest BCUT2D eigenvalue weighted by Gasteiger charge is 2.33. The number of hydrogen-bond acceptors (Lipinski definition) is 4. The van der Waals surface area contributed by atoms with Crippen LogP contribution in [-0.2, 0) is 9.59 Å². The second kappa shape index (κ2) is 5.77. The van der Waals surface area contributed by atoms with Crippen LogP contribution in [0.15, 0.2) is 59.1 Å². The molecule has 23 heavy (non-hydrogen) atoms. The maximum absolute atomic E-state index is 12.5. The zero-order valence-corrected chi connectivity index (χ0v) is 13.2. The van der Waals surface area contributed by atoms with E-state index >= 15 is 0 Å². The van der Waals surface area contributed by atoms with E-state index in [0.717, 1.165) is 9.37 Å². The van der Waals surface area contributed by atoms with Crippen molar-refractivity contribution in [1.82, 2.24) is 0 Å². The third kappa shape index (κ3) is 2.78. The van der Waals surface area contributed by atoms with Crippen LogP contribution in [-0.4, -0.2) is 16.7 Å². The molecular weight excluding hydrogens is 364 g/mol. The van der Waals surface area contributed by atoms with Crippen molar-refractivity contribution in [3.8, 4) is 0 Å². The second-order valence-electron chi connectivity index (χ2n) is 4.82. The molecule has 0 saturated heterocycles. The van der Waals surface area contributed by atoms with E-state index in [0.29, 0.717) is 11.3 Å². The summed E-state index contributed by atoms with van der Waals surface area (Å²) in [7, 11) is 0. The Kier molecular flexibility index (Phi) is 3.79. The molecule has 0 bridgehead atoms. The number of nitro groups is 1. The Balaban J connectivity index is 1.97. The van der Waals surface area contributed by atoms with Gasteiger partial charge in [-0.15, -0.1) is 0 Å². The first-order chi connectivity index (χ1) is 11.0. The molecule has 2 aromatic carbocycles. The summed E-state index contributed by atoms with van der Waals surface area (Å²) in [5.74, 6) is -0.975. The van der Waals surface area contributed by atoms with Crippen LogP contribution in [0, 0.1) is 10.1 Å². The zero-order valence-electron chi connectivity index (χ0n) is 11.6. The highest BCUT2D eigenvalue weighted by atomic mass is 79.9. The highest BCUT2D eigenvalue weighted by Crippen LogP contribution is 2.30. The fourth-order valence-electron chi connectivity index (χ4n) is 2.30. The van der Waals surface area contributed by atoms with Crippen molar-refractivity contribution in [3.63, 3.8) is 0 Å². The van der Waals surface area contributed by atoms with E-state index in [1.165, 1.54) is 24.3 Å². The Hall–Kier alpha value is -2.80. The van der Waals surface area contributed by atoms with E-state index in [1.54, 1.807) is 30.3 Å². The monoisotopic (exact) mass is 372 g/mol. The average Bonchev–Trinajstić information content (AvgIpc) is 2.83. The summed E-state index contributed by atoms with van der Waals surface area (Å²) in [5.41, 5.74) is 0.796. The molecule has 2 amide bonds. The van der Waals surface area contributed by atoms with Crippen LogP contribution in [0.4, 0.5) is 11.4 Å². The molecule has 3 rings (SSSR count). The molecule has 0 radical (unpaired) electrons. The number of benzene rings is 2. The molecule has 0 unspecified atom stereocenters. The van der Waals surface area contributed by atoms with Gasteiger partial charge in [0, 0.05) is 22.7 Å². The second-order valence-corrected chi connectivity index (χ2v) is 5.74. The van der Waals surface area contributed by atoms with Crippen molar-refractivity contribution in [2.24, 2.45) is 0 Å². The number of nitro benzene ring substituents is 1. The molecule has 2 aromatic rings. The van der Waals surface area contributed by atoms with E-state index < -0.39 is 16.7 Å². The number of nitrogens with zero attached hydrogens (tertiary/aromatic N) is 2. The molecule has 6 nitrogen and oxygen atoms in total. The SMILES string of the molecule is O=C1C=C(c2cccc([N+](=O)[O-])c2)C(=O)N1c1ccc(Br)cc1. The molecule has 114 valence electrons. The first kappa shape index (κ1) is 15.1. The Morgan fingerprint density at radius 1 is 1.04 bits per heavy atom. The van der Waals surface area contributed by atoms with E-state index in [9.17, 15) is 19.7 Å². The van der Waals surface area contributed by atoms with Gasteiger partial charge in [0.25, 0.3) is 17.5 Å². The number of imide groups is 1. The molecule has 0 aromatic heterocycles. The average molecular weight is 373 g/mol. The van der Waals surface area contributed by atoms with E-state index in [-0.39, 0.29) is 11.3 Å². The normalized spacial score (nSPS) is 14.1. The summed E-state index contributed by atoms with van der Waals surface area (Å²) in [6.45, 7) is 0. The van der Waals surface area contributed by atoms with Crippen molar-refractivity contribution in [1.29, 1.82) is 0 Å². The molecule has 1 aliphatic heterocycles. The van der Waals surface area contributed by atoms with E-state index in [1.807, 2.05) is 0 Å². The highest BCUT2D eigenvalue weighted by molar-refractivity contribution is 9.10. The van der Waals surface area contributed by atoms with Crippen molar-refractivity contribution in [3.05, 3.63) is 74.8 Å². The summed E-state index contributed by atoms with van der Waals surface area (Å²) in [5, 5.41) is 10.9. The van der Waals surface area contributed by atoms with Gasteiger partial charge < -0.3 is 0 Å². The fraction of sp³-hybridized carbons (Fsp3) is 0. The maximum atomic E-state index is 12.5. The standard InChI is InChI=1S/C16H9BrN2O4/c17-11-4-6-12(7-5-11)18-15(20)9-14(16(18)21)10-2-1-3-13(8-10)19(22)23/h1-9H. The molecule has 1 aliphatic rings. The summed E-state index contributed by atoms with van der Waals surface area (Å²) in [6, 6.07) is 12.4. The quantitative estimate of drug-likeness (QED) is 0.470. The molecule has 1 heterocycles. The number of rotatable bonds is 3. The van der Waals surface area contributed by atoms with Gasteiger partial charge in [0.2, 0.25) is 0 Å². The number of anilines is 1. The van der Waals surface area contributed by atoms with Crippen molar-refractivity contribution >= 4 is 44.7 Å². The fourth-order valence-corrected chi connectivity index (χ4v) is 2.56. The molecular formula is C16H9BrN2O4. The van der Waals surface area contributed by atoms with Crippen molar-refractivity contribution in [2.75, 3.05) is 4.90 Å². The third-order valence-electron chi connectivity index (χ3n) is 3.37. The molecule has 0 spiro atoms. The third-order valence-corrected chi connectivity index (χ3v) is 3.90. The van der Waals surface area contributed by atoms with Gasteiger partial charge in [-0.3, -0.25) is 19.7 Å². The van der Waals surface area contributed by atoms with Gasteiger partial charge in [-0.1, -0.05) is 28.1 Å². The number of hydrogen-bond donors (Lipinski definition) is 0. The first-order valence-electron chi connectivity index (χ1n) is 6.58. The van der Waals surface area contributed by atoms with Gasteiger partial charge in [-0.05, 0) is 29.8 Å². The molecule has 0 atom stereocenters. The first-order valence-corrected chi connectivity index (χ1v) is 7.37. The van der Waals surface area contributed by atoms with E-state index in [2.05, 4.69) is 15.9 Å². The lowest BCUT2D eigenvalue weighted by Gasteiger charge is -2.15. The smallest absolute Gasteiger partial charge is 0.269 e. The predicted molar refractivity (Wildman–Crippen MR) is 87.7 cm³/mol. The number of carbonyl (C=O) groups excluding carboxylic acids is 2. The zero-order chi connectivity index (χ0) is 16.6. The molecule has 0 saturated carbocycles. The molecule has 0 aliphatic carbocycles. The van der Waals surface area contributed by atoms with Gasteiger partial charge in [0.1, 0.15) is 0 Å². The van der Waals surface area contributed by atoms with Crippen LogP contribution >= 0.6 is 15.9 Å². The van der Waals surface area contributed by atoms with Crippen LogP contribution < -0.4 is 4.90 Å². The Bertz CT molecular complexity index is 859. The van der Waals surface area contributed by atoms with Gasteiger partial charge in [-0.2, -0.15) is 0 Å². The minimum absolute atomic E-state index is 0.134. The Labute approximate surface area is 139 Å². The van der Waals surface area contributed by atoms with Crippen LogP contribution in [0.2, 0.25) is 0 Å². The summed E-state index contributed by atoms with van der Waals surface area (Å²) in [6.07, 6.45) is 1.20. The van der Waals surface area contributed by atoms with Crippen LogP contribution in [0.1, 0.15) is 5.56 Å². The molecule has 0 fully saturated rings. The van der Waals surface area contributed by atoms with Crippen LogP contribution in [0.25, 0.3) is 5.57 Å². The molecule has 0 N–H and O–H groups in total. The summed E-state index contributed by atoms with van der Waals surface area (Å²) in [4.78, 5) is 36.0. The number of carbonyl (C=O) groups is 2.